The van der Waals surface area contributed by atoms with E-state index < -0.39 is 46.4 Å². The number of aromatic nitrogens is 2. The topological polar surface area (TPSA) is 105 Å². The molecule has 1 aromatic heterocycles. The normalized spacial score (nSPS) is 18.2. The van der Waals surface area contributed by atoms with Crippen molar-refractivity contribution in [3.05, 3.63) is 79.5 Å². The maximum absolute atomic E-state index is 13.6. The predicted molar refractivity (Wildman–Crippen MR) is 126 cm³/mol. The average Bonchev–Trinajstić information content (AvgIpc) is 2.83. The highest BCUT2D eigenvalue weighted by Crippen LogP contribution is 2.34. The molecule has 1 aliphatic rings. The second-order valence-electron chi connectivity index (χ2n) is 9.24. The Morgan fingerprint density at radius 3 is 2.53 bits per heavy atom. The number of benzene rings is 2. The van der Waals surface area contributed by atoms with Crippen LogP contribution in [0.4, 0.5) is 13.2 Å². The minimum absolute atomic E-state index is 0.0115. The number of carboxylic acids is 1. The molecule has 7 nitrogen and oxygen atoms in total. The molecule has 1 aliphatic carbocycles. The number of hydrogen-bond acceptors (Lipinski definition) is 4. The first-order chi connectivity index (χ1) is 17.0. The predicted octanol–water partition coefficient (Wildman–Crippen LogP) is 4.30. The van der Waals surface area contributed by atoms with Gasteiger partial charge in [-0.3, -0.25) is 18.7 Å². The molecule has 3 aromatic rings. The molecule has 1 fully saturated rings. The van der Waals surface area contributed by atoms with E-state index in [1.54, 1.807) is 31.2 Å². The molecule has 10 heteroatoms. The highest BCUT2D eigenvalue weighted by atomic mass is 19.4. The van der Waals surface area contributed by atoms with Crippen LogP contribution < -0.4 is 11.2 Å². The Labute approximate surface area is 204 Å². The Morgan fingerprint density at radius 1 is 1.14 bits per heavy atom. The van der Waals surface area contributed by atoms with Crippen LogP contribution in [0.2, 0.25) is 0 Å². The molecule has 36 heavy (non-hydrogen) atoms. The van der Waals surface area contributed by atoms with Gasteiger partial charge in [0, 0.05) is 6.54 Å². The maximum atomic E-state index is 13.6. The van der Waals surface area contributed by atoms with E-state index in [1.807, 2.05) is 0 Å². The molecule has 0 bridgehead atoms. The van der Waals surface area contributed by atoms with Gasteiger partial charge in [-0.15, -0.1) is 0 Å². The summed E-state index contributed by atoms with van der Waals surface area (Å²) in [5, 5.41) is 19.3. The van der Waals surface area contributed by atoms with Gasteiger partial charge in [-0.25, -0.2) is 4.79 Å². The van der Waals surface area contributed by atoms with Crippen molar-refractivity contribution in [2.45, 2.75) is 51.9 Å². The fourth-order valence-electron chi connectivity index (χ4n) is 5.11. The molecule has 1 heterocycles. The molecule has 1 saturated carbocycles. The fraction of sp³-hybridized carbons (Fsp3) is 0.385. The molecule has 2 unspecified atom stereocenters. The van der Waals surface area contributed by atoms with Gasteiger partial charge in [0.05, 0.1) is 34.5 Å². The van der Waals surface area contributed by atoms with Crippen molar-refractivity contribution in [1.82, 2.24) is 9.13 Å². The number of aliphatic carboxylic acids is 1. The van der Waals surface area contributed by atoms with Crippen molar-refractivity contribution in [2.75, 3.05) is 0 Å². The van der Waals surface area contributed by atoms with Gasteiger partial charge in [0.25, 0.3) is 5.56 Å². The molecule has 0 aliphatic heterocycles. The van der Waals surface area contributed by atoms with Gasteiger partial charge in [0.2, 0.25) is 0 Å². The minimum atomic E-state index is -4.75. The number of carboxylic acid groups (broad SMARTS) is 1. The monoisotopic (exact) mass is 499 g/mol. The molecule has 0 amide bonds. The Balaban J connectivity index is 1.91. The summed E-state index contributed by atoms with van der Waals surface area (Å²) in [5.41, 5.74) is -2.06. The molecular weight excluding hydrogens is 475 g/mol. The second kappa shape index (κ2) is 9.64. The zero-order chi connectivity index (χ0) is 26.2. The lowest BCUT2D eigenvalue weighted by Gasteiger charge is -2.29. The van der Waals surface area contributed by atoms with Gasteiger partial charge < -0.3 is 5.11 Å². The van der Waals surface area contributed by atoms with Crippen molar-refractivity contribution in [1.29, 1.82) is 5.26 Å². The van der Waals surface area contributed by atoms with Crippen LogP contribution >= 0.6 is 0 Å². The van der Waals surface area contributed by atoms with E-state index in [9.17, 15) is 37.9 Å². The third-order valence-corrected chi connectivity index (χ3v) is 6.92. The summed E-state index contributed by atoms with van der Waals surface area (Å²) in [4.78, 5) is 38.7. The molecule has 0 saturated heterocycles. The molecule has 4 rings (SSSR count). The van der Waals surface area contributed by atoms with E-state index in [0.717, 1.165) is 29.0 Å². The smallest absolute Gasteiger partial charge is 0.417 e. The standard InChI is InChI=1S/C26H24F3N3O4/c1-15-9-10-22-19(11-15)23(33)32(14-16-5-2-3-7-18(16)24(34)35)25(36)31(22)13-17-6-4-8-21(20(17)12-30)26(27,28)29/h4,6,8-11,16,18H,2-3,5,7,13-14H2,1H3,(H,34,35). The summed E-state index contributed by atoms with van der Waals surface area (Å²) >= 11 is 0. The summed E-state index contributed by atoms with van der Waals surface area (Å²) in [6.07, 6.45) is -2.24. The third-order valence-electron chi connectivity index (χ3n) is 6.92. The lowest BCUT2D eigenvalue weighted by atomic mass is 9.79. The van der Waals surface area contributed by atoms with E-state index in [2.05, 4.69) is 0 Å². The van der Waals surface area contributed by atoms with Gasteiger partial charge in [0.15, 0.2) is 0 Å². The highest BCUT2D eigenvalue weighted by molar-refractivity contribution is 5.79. The Hall–Kier alpha value is -3.87. The number of nitrogens with zero attached hydrogens (tertiary/aromatic N) is 3. The van der Waals surface area contributed by atoms with E-state index in [-0.39, 0.29) is 29.6 Å². The number of fused-ring (bicyclic) bond motifs is 1. The van der Waals surface area contributed by atoms with Gasteiger partial charge >= 0.3 is 17.8 Å². The van der Waals surface area contributed by atoms with Crippen LogP contribution in [-0.4, -0.2) is 20.2 Å². The average molecular weight is 499 g/mol. The van der Waals surface area contributed by atoms with Crippen LogP contribution in [0.25, 0.3) is 10.9 Å². The van der Waals surface area contributed by atoms with Gasteiger partial charge in [-0.2, -0.15) is 18.4 Å². The lowest BCUT2D eigenvalue weighted by molar-refractivity contribution is -0.145. The summed E-state index contributed by atoms with van der Waals surface area (Å²) in [6.45, 7) is 1.30. The fourth-order valence-corrected chi connectivity index (χ4v) is 5.11. The number of halogens is 3. The molecule has 0 spiro atoms. The van der Waals surface area contributed by atoms with Crippen molar-refractivity contribution in [2.24, 2.45) is 11.8 Å². The molecule has 188 valence electrons. The summed E-state index contributed by atoms with van der Waals surface area (Å²) in [6, 6.07) is 9.76. The van der Waals surface area contributed by atoms with E-state index >= 15 is 0 Å². The van der Waals surface area contributed by atoms with Crippen LogP contribution in [0.5, 0.6) is 0 Å². The van der Waals surface area contributed by atoms with Crippen molar-refractivity contribution in [3.8, 4) is 6.07 Å². The SMILES string of the molecule is Cc1ccc2c(c1)c(=O)n(CC1CCCCC1C(=O)O)c(=O)n2Cc1cccc(C(F)(F)F)c1C#N. The summed E-state index contributed by atoms with van der Waals surface area (Å²) in [7, 11) is 0. The first-order valence-corrected chi connectivity index (χ1v) is 11.6. The van der Waals surface area contributed by atoms with Crippen LogP contribution in [0.1, 0.15) is 47.9 Å². The Morgan fingerprint density at radius 2 is 1.86 bits per heavy atom. The molecular formula is C26H24F3N3O4. The van der Waals surface area contributed by atoms with E-state index in [1.165, 1.54) is 16.7 Å². The van der Waals surface area contributed by atoms with E-state index in [4.69, 9.17) is 0 Å². The van der Waals surface area contributed by atoms with Gasteiger partial charge in [0.1, 0.15) is 6.07 Å². The first-order valence-electron chi connectivity index (χ1n) is 11.6. The van der Waals surface area contributed by atoms with Crippen LogP contribution in [0, 0.1) is 30.1 Å². The summed E-state index contributed by atoms with van der Waals surface area (Å²) in [5.74, 6) is -2.10. The summed E-state index contributed by atoms with van der Waals surface area (Å²) < 4.78 is 42.7. The number of hydrogen-bond donors (Lipinski definition) is 1. The van der Waals surface area contributed by atoms with E-state index in [0.29, 0.717) is 12.8 Å². The first kappa shape index (κ1) is 25.2. The molecule has 0 radical (unpaired) electrons. The number of aryl methyl sites for hydroxylation is 1. The van der Waals surface area contributed by atoms with Crippen molar-refractivity contribution >= 4 is 16.9 Å². The minimum Gasteiger partial charge on any atom is -0.481 e. The number of rotatable bonds is 5. The Bertz CT molecular complexity index is 1500. The van der Waals surface area contributed by atoms with Gasteiger partial charge in [-0.05, 0) is 49.4 Å². The Kier molecular flexibility index (Phi) is 6.76. The number of alkyl halides is 3. The van der Waals surface area contributed by atoms with Gasteiger partial charge in [-0.1, -0.05) is 36.6 Å². The number of carbonyl (C=O) groups is 1. The molecule has 2 atom stereocenters. The second-order valence-corrected chi connectivity index (χ2v) is 9.24. The van der Waals surface area contributed by atoms with Crippen molar-refractivity contribution in [3.63, 3.8) is 0 Å². The van der Waals surface area contributed by atoms with Crippen molar-refractivity contribution < 1.29 is 23.1 Å². The maximum Gasteiger partial charge on any atom is 0.417 e. The largest absolute Gasteiger partial charge is 0.481 e. The van der Waals surface area contributed by atoms with Crippen LogP contribution in [-0.2, 0) is 24.1 Å². The lowest BCUT2D eigenvalue weighted by Crippen LogP contribution is -2.43. The third kappa shape index (κ3) is 4.65. The molecule has 2 aromatic carbocycles. The highest BCUT2D eigenvalue weighted by Gasteiger charge is 2.35. The quantitative estimate of drug-likeness (QED) is 0.564. The van der Waals surface area contributed by atoms with Crippen LogP contribution in [0.15, 0.2) is 46.0 Å². The molecule has 1 N–H and O–H groups in total. The van der Waals surface area contributed by atoms with Crippen LogP contribution in [0.3, 0.4) is 0 Å². The zero-order valence-corrected chi connectivity index (χ0v) is 19.5. The zero-order valence-electron chi connectivity index (χ0n) is 19.5. The number of nitriles is 1.